The van der Waals surface area contributed by atoms with Crippen LogP contribution in [0.4, 0.5) is 34.1 Å². The van der Waals surface area contributed by atoms with E-state index in [1.165, 1.54) is 126 Å². The molecule has 11 rings (SSSR count). The lowest BCUT2D eigenvalue weighted by molar-refractivity contribution is 0.282. The van der Waals surface area contributed by atoms with Gasteiger partial charge in [0.2, 0.25) is 0 Å². The lowest BCUT2D eigenvalue weighted by Gasteiger charge is -2.46. The SMILES string of the molecule is Cc1cc2c3c(c1)N(c1cc4c(cc1-c1ccc5c(c1)C(C)(C)CCC5(C)C)C(C)(C)CCC4(C)C)c1c(oc4c1C(C)(C)CCC4(C)C)B3c1cc(C(C)(C)C)ccc1N2c1ccc(C(C)(C)C)cc1. The van der Waals surface area contributed by atoms with Gasteiger partial charge < -0.3 is 14.2 Å². The summed E-state index contributed by atoms with van der Waals surface area (Å²) in [6, 6.07) is 34.7. The molecule has 0 amide bonds. The van der Waals surface area contributed by atoms with Crippen LogP contribution in [0.3, 0.4) is 0 Å². The van der Waals surface area contributed by atoms with Crippen molar-refractivity contribution in [2.24, 2.45) is 0 Å². The summed E-state index contributed by atoms with van der Waals surface area (Å²) in [5.41, 5.74) is 25.2. The summed E-state index contributed by atoms with van der Waals surface area (Å²) in [4.78, 5) is 5.35. The summed E-state index contributed by atoms with van der Waals surface area (Å²) < 4.78 is 7.88. The third-order valence-electron chi connectivity index (χ3n) is 18.9. The van der Waals surface area contributed by atoms with E-state index >= 15 is 0 Å². The predicted octanol–water partition coefficient (Wildman–Crippen LogP) is 17.0. The smallest absolute Gasteiger partial charge is 0.297 e. The highest BCUT2D eigenvalue weighted by molar-refractivity contribution is 6.99. The highest BCUT2D eigenvalue weighted by Gasteiger charge is 2.53. The molecule has 0 N–H and O–H groups in total. The van der Waals surface area contributed by atoms with Crippen molar-refractivity contribution in [2.75, 3.05) is 9.80 Å². The van der Waals surface area contributed by atoms with Crippen molar-refractivity contribution < 1.29 is 4.42 Å². The molecule has 0 unspecified atom stereocenters. The van der Waals surface area contributed by atoms with Gasteiger partial charge in [0.15, 0.2) is 0 Å². The van der Waals surface area contributed by atoms with Crippen LogP contribution in [-0.4, -0.2) is 6.71 Å². The number of anilines is 6. The van der Waals surface area contributed by atoms with Crippen molar-refractivity contribution in [3.8, 4) is 11.1 Å². The van der Waals surface area contributed by atoms with Crippen molar-refractivity contribution in [3.05, 3.63) is 135 Å². The van der Waals surface area contributed by atoms with Gasteiger partial charge in [-0.25, -0.2) is 0 Å². The Morgan fingerprint density at radius 2 is 0.972 bits per heavy atom. The van der Waals surface area contributed by atoms with Crippen LogP contribution in [0, 0.1) is 6.92 Å². The molecule has 4 heteroatoms. The number of nitrogens with zero attached hydrogens (tertiary/aromatic N) is 2. The topological polar surface area (TPSA) is 19.6 Å². The number of aryl methyl sites for hydroxylation is 1. The quantitative estimate of drug-likeness (QED) is 0.165. The third-order valence-corrected chi connectivity index (χ3v) is 18.9. The van der Waals surface area contributed by atoms with Gasteiger partial charge in [-0.1, -0.05) is 167 Å². The zero-order valence-electron chi connectivity index (χ0n) is 47.2. The summed E-state index contributed by atoms with van der Waals surface area (Å²) >= 11 is 0. The molecular weight excluding hydrogens is 860 g/mol. The Morgan fingerprint density at radius 3 is 1.56 bits per heavy atom. The second-order valence-electron chi connectivity index (χ2n) is 29.1. The average Bonchev–Trinajstić information content (AvgIpc) is 3.70. The zero-order chi connectivity index (χ0) is 51.1. The molecule has 0 atom stereocenters. The molecule has 3 nitrogen and oxygen atoms in total. The molecule has 3 aliphatic carbocycles. The Labute approximate surface area is 429 Å². The predicted molar refractivity (Wildman–Crippen MR) is 306 cm³/mol. The second-order valence-corrected chi connectivity index (χ2v) is 29.1. The maximum absolute atomic E-state index is 7.88. The van der Waals surface area contributed by atoms with Crippen LogP contribution in [0.15, 0.2) is 89.3 Å². The molecular formula is C67H83BN2O. The summed E-state index contributed by atoms with van der Waals surface area (Å²) in [5, 5.41) is 0. The molecule has 0 saturated heterocycles. The lowest BCUT2D eigenvalue weighted by Crippen LogP contribution is -2.61. The Hall–Kier alpha value is -4.96. The fourth-order valence-electron chi connectivity index (χ4n) is 13.8. The monoisotopic (exact) mass is 943 g/mol. The van der Waals surface area contributed by atoms with Gasteiger partial charge in [-0.05, 0) is 181 Å². The van der Waals surface area contributed by atoms with Crippen LogP contribution in [0.5, 0.6) is 0 Å². The van der Waals surface area contributed by atoms with Gasteiger partial charge in [-0.3, -0.25) is 0 Å². The number of hydrogen-bond acceptors (Lipinski definition) is 3. The Bertz CT molecular complexity index is 3190. The first-order valence-electron chi connectivity index (χ1n) is 27.3. The standard InChI is InChI=1S/C67H83BN2O/c1-40-34-53-56-54(35-40)70(52-39-49-48(64(12,13)30-31-65(49,14)15)38-45(52)41-20-26-46-47(36-41)63(10,11)29-28-62(46,8)9)57-55-58(67(18,19)33-32-66(55,16)17)71-59(57)68(56)50-37-43(61(5,6)7)23-27-51(50)69(53)44-24-21-42(22-25-44)60(2,3)4/h20-27,34-39H,28-33H2,1-19H3. The van der Waals surface area contributed by atoms with Crippen molar-refractivity contribution in [1.29, 1.82) is 0 Å². The van der Waals surface area contributed by atoms with Crippen LogP contribution in [0.1, 0.15) is 213 Å². The zero-order valence-corrected chi connectivity index (χ0v) is 47.2. The summed E-state index contributed by atoms with van der Waals surface area (Å²) in [7, 11) is 0. The Kier molecular flexibility index (Phi) is 10.3. The van der Waals surface area contributed by atoms with E-state index in [9.17, 15) is 0 Å². The molecule has 5 aliphatic rings. The van der Waals surface area contributed by atoms with Crippen LogP contribution in [-0.2, 0) is 43.3 Å². The molecule has 5 aromatic carbocycles. The second kappa shape index (κ2) is 15.1. The van der Waals surface area contributed by atoms with Gasteiger partial charge in [-0.2, -0.15) is 0 Å². The maximum Gasteiger partial charge on any atom is 0.297 e. The number of fused-ring (bicyclic) bond motifs is 8. The molecule has 0 fully saturated rings. The van der Waals surface area contributed by atoms with Crippen LogP contribution in [0.2, 0.25) is 0 Å². The number of benzene rings is 5. The number of furan rings is 1. The molecule has 71 heavy (non-hydrogen) atoms. The summed E-state index contributed by atoms with van der Waals surface area (Å²) in [6.45, 7) is 45.9. The molecule has 370 valence electrons. The van der Waals surface area contributed by atoms with Crippen molar-refractivity contribution in [2.45, 2.75) is 213 Å². The molecule has 2 aliphatic heterocycles. The van der Waals surface area contributed by atoms with E-state index in [0.717, 1.165) is 24.9 Å². The van der Waals surface area contributed by atoms with Crippen molar-refractivity contribution in [1.82, 2.24) is 0 Å². The van der Waals surface area contributed by atoms with E-state index in [1.807, 2.05) is 0 Å². The van der Waals surface area contributed by atoms with Gasteiger partial charge in [0, 0.05) is 39.3 Å². The molecule has 0 spiro atoms. The van der Waals surface area contributed by atoms with E-state index in [1.54, 1.807) is 0 Å². The Balaban J connectivity index is 1.30. The van der Waals surface area contributed by atoms with E-state index in [4.69, 9.17) is 4.42 Å². The lowest BCUT2D eigenvalue weighted by atomic mass is 9.35. The highest BCUT2D eigenvalue weighted by atomic mass is 16.3. The van der Waals surface area contributed by atoms with Crippen LogP contribution < -0.4 is 26.4 Å². The summed E-state index contributed by atoms with van der Waals surface area (Å²) in [6.07, 6.45) is 6.88. The molecule has 3 heterocycles. The minimum atomic E-state index is -0.133. The van der Waals surface area contributed by atoms with Gasteiger partial charge in [0.05, 0.1) is 17.0 Å². The number of hydrogen-bond donors (Lipinski definition) is 0. The van der Waals surface area contributed by atoms with E-state index < -0.39 is 0 Å². The van der Waals surface area contributed by atoms with Crippen molar-refractivity contribution >= 4 is 57.4 Å². The van der Waals surface area contributed by atoms with Gasteiger partial charge in [0.1, 0.15) is 5.76 Å². The fraction of sp³-hybridized carbons (Fsp3) is 0.493. The van der Waals surface area contributed by atoms with Crippen molar-refractivity contribution in [3.63, 3.8) is 0 Å². The molecule has 0 bridgehead atoms. The molecule has 0 radical (unpaired) electrons. The first kappa shape index (κ1) is 48.3. The largest absolute Gasteiger partial charge is 0.472 e. The van der Waals surface area contributed by atoms with Gasteiger partial charge in [-0.15, -0.1) is 0 Å². The minimum absolute atomic E-state index is 0.00256. The van der Waals surface area contributed by atoms with E-state index in [0.29, 0.717) is 0 Å². The molecule has 6 aromatic rings. The average molecular weight is 943 g/mol. The van der Waals surface area contributed by atoms with Gasteiger partial charge in [0.25, 0.3) is 6.71 Å². The normalized spacial score (nSPS) is 20.6. The highest BCUT2D eigenvalue weighted by Crippen LogP contribution is 2.58. The molecule has 0 saturated carbocycles. The minimum Gasteiger partial charge on any atom is -0.472 e. The first-order chi connectivity index (χ1) is 32.8. The van der Waals surface area contributed by atoms with E-state index in [2.05, 4.69) is 226 Å². The molecule has 1 aromatic heterocycles. The fourth-order valence-corrected chi connectivity index (χ4v) is 13.8. The van der Waals surface area contributed by atoms with Crippen LogP contribution in [0.25, 0.3) is 11.1 Å². The maximum atomic E-state index is 7.88. The number of rotatable bonds is 3. The first-order valence-corrected chi connectivity index (χ1v) is 27.3. The Morgan fingerprint density at radius 1 is 0.465 bits per heavy atom. The van der Waals surface area contributed by atoms with E-state index in [-0.39, 0.29) is 50.0 Å². The van der Waals surface area contributed by atoms with Crippen LogP contribution >= 0.6 is 0 Å². The van der Waals surface area contributed by atoms with Gasteiger partial charge >= 0.3 is 0 Å². The third kappa shape index (κ3) is 7.31. The summed E-state index contributed by atoms with van der Waals surface area (Å²) in [5.74, 6) is 1.17.